The molecule has 5 aromatic rings. The molecule has 1 aliphatic rings. The van der Waals surface area contributed by atoms with Gasteiger partial charge in [0, 0.05) is 35.6 Å². The molecular formula is C34H34FN5O2S. The van der Waals surface area contributed by atoms with Crippen molar-refractivity contribution in [2.45, 2.75) is 55.9 Å². The molecule has 2 N–H and O–H groups in total. The summed E-state index contributed by atoms with van der Waals surface area (Å²) in [5.41, 5.74) is 10.4. The molecule has 2 unspecified atom stereocenters. The molecule has 0 spiro atoms. The minimum Gasteiger partial charge on any atom is -0.383 e. The number of hydrogen-bond acceptors (Lipinski definition) is 6. The number of anilines is 1. The summed E-state index contributed by atoms with van der Waals surface area (Å²) < 4.78 is 43.1. The molecule has 3 heterocycles. The molecule has 9 heteroatoms. The number of rotatable bonds is 9. The highest BCUT2D eigenvalue weighted by molar-refractivity contribution is 7.94. The quantitative estimate of drug-likeness (QED) is 0.195. The molecule has 1 aliphatic carbocycles. The number of halogens is 1. The van der Waals surface area contributed by atoms with Gasteiger partial charge in [0.2, 0.25) is 0 Å². The number of aryl methyl sites for hydroxylation is 2. The van der Waals surface area contributed by atoms with Gasteiger partial charge in [-0.2, -0.15) is 0 Å². The molecule has 1 fully saturated rings. The van der Waals surface area contributed by atoms with E-state index in [1.54, 1.807) is 42.6 Å². The third-order valence-corrected chi connectivity index (χ3v) is 9.76. The molecule has 7 nitrogen and oxygen atoms in total. The van der Waals surface area contributed by atoms with Crippen LogP contribution in [0.15, 0.2) is 102 Å². The van der Waals surface area contributed by atoms with Crippen molar-refractivity contribution in [2.24, 2.45) is 5.92 Å². The Hall–Kier alpha value is -4.37. The number of nitrogen functional groups attached to an aromatic ring is 1. The van der Waals surface area contributed by atoms with Gasteiger partial charge in [-0.25, -0.2) is 22.8 Å². The Morgan fingerprint density at radius 1 is 1.02 bits per heavy atom. The van der Waals surface area contributed by atoms with Crippen molar-refractivity contribution in [3.63, 3.8) is 0 Å². The van der Waals surface area contributed by atoms with E-state index < -0.39 is 9.84 Å². The van der Waals surface area contributed by atoms with E-state index in [1.165, 1.54) is 11.7 Å². The summed E-state index contributed by atoms with van der Waals surface area (Å²) in [6.45, 7) is 0. The van der Waals surface area contributed by atoms with E-state index in [0.29, 0.717) is 33.7 Å². The maximum absolute atomic E-state index is 15.3. The molecule has 0 aliphatic heterocycles. The highest BCUT2D eigenvalue weighted by atomic mass is 32.2. The van der Waals surface area contributed by atoms with Gasteiger partial charge in [0.15, 0.2) is 9.84 Å². The van der Waals surface area contributed by atoms with E-state index in [-0.39, 0.29) is 17.8 Å². The van der Waals surface area contributed by atoms with Crippen LogP contribution in [0, 0.1) is 11.7 Å². The van der Waals surface area contributed by atoms with Gasteiger partial charge in [0.1, 0.15) is 23.6 Å². The molecule has 2 atom stereocenters. The van der Waals surface area contributed by atoms with Gasteiger partial charge < -0.3 is 10.3 Å². The van der Waals surface area contributed by atoms with Crippen LogP contribution in [0.1, 0.15) is 49.3 Å². The first-order chi connectivity index (χ1) is 20.9. The number of nitrogens with zero attached hydrogens (tertiary/aromatic N) is 4. The number of sulfone groups is 1. The first-order valence-electron chi connectivity index (χ1n) is 14.7. The molecule has 6 rings (SSSR count). The smallest absolute Gasteiger partial charge is 0.199 e. The first kappa shape index (κ1) is 28.7. The SMILES string of the molecule is Nc1ncnc2c1c(-c1ccc(CCCc3cccnc3)c(F)c1)cn2C1CCCC(/C=C/S(=O)(=O)c2ccccc2)C1. The summed E-state index contributed by atoms with van der Waals surface area (Å²) in [6, 6.07) is 17.9. The number of pyridine rings is 1. The number of aromatic nitrogens is 4. The Kier molecular flexibility index (Phi) is 8.33. The molecule has 1 saturated carbocycles. The minimum atomic E-state index is -3.50. The number of hydrogen-bond donors (Lipinski definition) is 1. The predicted molar refractivity (Wildman–Crippen MR) is 167 cm³/mol. The summed E-state index contributed by atoms with van der Waals surface area (Å²) in [6.07, 6.45) is 14.7. The van der Waals surface area contributed by atoms with Gasteiger partial charge in [-0.1, -0.05) is 48.9 Å². The molecule has 0 bridgehead atoms. The van der Waals surface area contributed by atoms with Gasteiger partial charge in [-0.3, -0.25) is 4.98 Å². The van der Waals surface area contributed by atoms with Crippen molar-refractivity contribution in [3.8, 4) is 11.1 Å². The number of fused-ring (bicyclic) bond motifs is 1. The normalized spacial score (nSPS) is 17.5. The fraction of sp³-hybridized carbons (Fsp3) is 0.265. The lowest BCUT2D eigenvalue weighted by atomic mass is 9.85. The van der Waals surface area contributed by atoms with E-state index in [9.17, 15) is 8.42 Å². The summed E-state index contributed by atoms with van der Waals surface area (Å²) in [4.78, 5) is 13.3. The lowest BCUT2D eigenvalue weighted by molar-refractivity contribution is 0.308. The monoisotopic (exact) mass is 595 g/mol. The summed E-state index contributed by atoms with van der Waals surface area (Å²) in [5.74, 6) is 0.198. The van der Waals surface area contributed by atoms with Crippen LogP contribution in [-0.2, 0) is 22.7 Å². The van der Waals surface area contributed by atoms with E-state index in [0.717, 1.165) is 55.2 Å². The second kappa shape index (κ2) is 12.5. The summed E-state index contributed by atoms with van der Waals surface area (Å²) >= 11 is 0. The van der Waals surface area contributed by atoms with Gasteiger partial charge in [-0.05, 0) is 85.4 Å². The molecular weight excluding hydrogens is 561 g/mol. The fourth-order valence-electron chi connectivity index (χ4n) is 6.08. The average Bonchev–Trinajstić information content (AvgIpc) is 3.43. The standard InChI is InChI=1S/C34H34FN5O2S/c35-31-20-27(15-14-26(31)10-4-8-25-9-6-17-37-21-25)30-22-40(34-32(30)33(36)38-23-39-34)28-11-5-7-24(19-28)16-18-43(41,42)29-12-2-1-3-13-29/h1-3,6,9,12-18,20-24,28H,4-5,7-8,10-11,19H2,(H2,36,38,39)/b18-16+. The van der Waals surface area contributed by atoms with Crippen LogP contribution in [0.4, 0.5) is 10.2 Å². The largest absolute Gasteiger partial charge is 0.383 e. The van der Waals surface area contributed by atoms with Crippen molar-refractivity contribution in [1.82, 2.24) is 19.5 Å². The highest BCUT2D eigenvalue weighted by Gasteiger charge is 2.26. The van der Waals surface area contributed by atoms with Gasteiger partial charge in [0.05, 0.1) is 10.3 Å². The Balaban J connectivity index is 1.24. The van der Waals surface area contributed by atoms with Crippen molar-refractivity contribution < 1.29 is 12.8 Å². The van der Waals surface area contributed by atoms with E-state index in [4.69, 9.17) is 5.73 Å². The first-order valence-corrected chi connectivity index (χ1v) is 16.2. The van der Waals surface area contributed by atoms with Crippen LogP contribution in [-0.4, -0.2) is 27.9 Å². The Bertz CT molecular complexity index is 1860. The Labute approximate surface area is 251 Å². The number of nitrogens with two attached hydrogens (primary N) is 1. The van der Waals surface area contributed by atoms with Crippen LogP contribution in [0.25, 0.3) is 22.2 Å². The van der Waals surface area contributed by atoms with Crippen LogP contribution in [0.5, 0.6) is 0 Å². The number of benzene rings is 2. The maximum atomic E-state index is 15.3. The molecule has 0 radical (unpaired) electrons. The zero-order valence-corrected chi connectivity index (χ0v) is 24.6. The van der Waals surface area contributed by atoms with Crippen molar-refractivity contribution >= 4 is 26.7 Å². The van der Waals surface area contributed by atoms with E-state index in [1.807, 2.05) is 42.7 Å². The average molecular weight is 596 g/mol. The van der Waals surface area contributed by atoms with Crippen molar-refractivity contribution in [1.29, 1.82) is 0 Å². The van der Waals surface area contributed by atoms with Crippen LogP contribution in [0.3, 0.4) is 0 Å². The third kappa shape index (κ3) is 6.37. The van der Waals surface area contributed by atoms with Crippen LogP contribution >= 0.6 is 0 Å². The summed E-state index contributed by atoms with van der Waals surface area (Å²) in [5, 5.41) is 2.05. The third-order valence-electron chi connectivity index (χ3n) is 8.32. The van der Waals surface area contributed by atoms with Gasteiger partial charge in [0.25, 0.3) is 0 Å². The zero-order valence-electron chi connectivity index (χ0n) is 23.8. The topological polar surface area (TPSA) is 104 Å². The van der Waals surface area contributed by atoms with Crippen LogP contribution in [0.2, 0.25) is 0 Å². The fourth-order valence-corrected chi connectivity index (χ4v) is 7.21. The molecule has 0 amide bonds. The van der Waals surface area contributed by atoms with Gasteiger partial charge in [-0.15, -0.1) is 0 Å². The van der Waals surface area contributed by atoms with Crippen molar-refractivity contribution in [2.75, 3.05) is 5.73 Å². The van der Waals surface area contributed by atoms with Gasteiger partial charge >= 0.3 is 0 Å². The molecule has 2 aromatic carbocycles. The van der Waals surface area contributed by atoms with E-state index >= 15 is 4.39 Å². The maximum Gasteiger partial charge on any atom is 0.199 e. The highest BCUT2D eigenvalue weighted by Crippen LogP contribution is 2.40. The summed E-state index contributed by atoms with van der Waals surface area (Å²) in [7, 11) is -3.50. The van der Waals surface area contributed by atoms with Crippen molar-refractivity contribution in [3.05, 3.63) is 114 Å². The predicted octanol–water partition coefficient (Wildman–Crippen LogP) is 7.11. The van der Waals surface area contributed by atoms with Crippen LogP contribution < -0.4 is 5.73 Å². The van der Waals surface area contributed by atoms with E-state index in [2.05, 4.69) is 19.5 Å². The molecule has 3 aromatic heterocycles. The Morgan fingerprint density at radius 3 is 2.67 bits per heavy atom. The molecule has 0 saturated heterocycles. The zero-order chi connectivity index (χ0) is 29.8. The lowest BCUT2D eigenvalue weighted by Crippen LogP contribution is -2.18. The second-order valence-electron chi connectivity index (χ2n) is 11.2. The lowest BCUT2D eigenvalue weighted by Gasteiger charge is -2.29. The minimum absolute atomic E-state index is 0.0879. The second-order valence-corrected chi connectivity index (χ2v) is 13.0. The molecule has 43 heavy (non-hydrogen) atoms. The molecule has 220 valence electrons. The Morgan fingerprint density at radius 2 is 1.88 bits per heavy atom. The number of allylic oxidation sites excluding steroid dienone is 1.